The van der Waals surface area contributed by atoms with Gasteiger partial charge in [0.05, 0.1) is 5.02 Å². The number of halogens is 1. The molecule has 1 heterocycles. The zero-order valence-electron chi connectivity index (χ0n) is 15.4. The fourth-order valence-corrected chi connectivity index (χ4v) is 2.75. The van der Waals surface area contributed by atoms with E-state index in [1.165, 1.54) is 12.2 Å². The fraction of sp³-hybridized carbons (Fsp3) is 0.200. The van der Waals surface area contributed by atoms with Gasteiger partial charge in [0.1, 0.15) is 0 Å². The van der Waals surface area contributed by atoms with Crippen LogP contribution < -0.4 is 19.7 Å². The molecule has 7 nitrogen and oxygen atoms in total. The van der Waals surface area contributed by atoms with Crippen LogP contribution in [0, 0.1) is 0 Å². The van der Waals surface area contributed by atoms with Crippen LogP contribution in [0.2, 0.25) is 5.02 Å². The van der Waals surface area contributed by atoms with Crippen molar-refractivity contribution >= 4 is 40.9 Å². The van der Waals surface area contributed by atoms with Crippen molar-refractivity contribution in [1.82, 2.24) is 0 Å². The lowest BCUT2D eigenvalue weighted by Gasteiger charge is -2.13. The molecule has 0 saturated heterocycles. The van der Waals surface area contributed by atoms with Crippen LogP contribution in [-0.4, -0.2) is 39.4 Å². The Morgan fingerprint density at radius 1 is 1.21 bits per heavy atom. The number of anilines is 2. The minimum Gasteiger partial charge on any atom is -0.454 e. The summed E-state index contributed by atoms with van der Waals surface area (Å²) < 4.78 is 15.4. The van der Waals surface area contributed by atoms with Gasteiger partial charge in [-0.25, -0.2) is 4.79 Å². The summed E-state index contributed by atoms with van der Waals surface area (Å²) in [5.74, 6) is -0.0748. The summed E-state index contributed by atoms with van der Waals surface area (Å²) >= 11 is 6.09. The number of hydrogen-bond acceptors (Lipinski definition) is 6. The monoisotopic (exact) mass is 402 g/mol. The first-order chi connectivity index (χ1) is 13.4. The van der Waals surface area contributed by atoms with Crippen molar-refractivity contribution in [1.29, 1.82) is 0 Å². The number of carbonyl (C=O) groups is 2. The van der Waals surface area contributed by atoms with Gasteiger partial charge in [-0.3, -0.25) is 4.79 Å². The molecule has 1 aliphatic heterocycles. The minimum absolute atomic E-state index is 0.108. The molecule has 1 N–H and O–H groups in total. The van der Waals surface area contributed by atoms with Gasteiger partial charge in [0, 0.05) is 31.5 Å². The predicted molar refractivity (Wildman–Crippen MR) is 107 cm³/mol. The van der Waals surface area contributed by atoms with Crippen LogP contribution in [0.4, 0.5) is 11.4 Å². The van der Waals surface area contributed by atoms with Crippen LogP contribution in [-0.2, 0) is 14.3 Å². The van der Waals surface area contributed by atoms with E-state index in [2.05, 4.69) is 5.32 Å². The van der Waals surface area contributed by atoms with Crippen molar-refractivity contribution in [3.8, 4) is 11.5 Å². The Labute approximate surface area is 167 Å². The number of nitrogens with one attached hydrogen (secondary N) is 1. The van der Waals surface area contributed by atoms with E-state index in [4.69, 9.17) is 25.8 Å². The quantitative estimate of drug-likeness (QED) is 0.590. The van der Waals surface area contributed by atoms with Gasteiger partial charge in [-0.15, -0.1) is 0 Å². The molecule has 28 heavy (non-hydrogen) atoms. The molecule has 0 saturated carbocycles. The van der Waals surface area contributed by atoms with E-state index >= 15 is 0 Å². The number of carbonyl (C=O) groups excluding carboxylic acids is 2. The fourth-order valence-electron chi connectivity index (χ4n) is 2.47. The number of ether oxygens (including phenoxy) is 3. The Balaban J connectivity index is 1.49. The zero-order chi connectivity index (χ0) is 20.1. The molecule has 1 amide bonds. The number of fused-ring (bicyclic) bond motifs is 1. The Morgan fingerprint density at radius 2 is 1.96 bits per heavy atom. The van der Waals surface area contributed by atoms with E-state index < -0.39 is 11.9 Å². The molecule has 0 aliphatic carbocycles. The highest BCUT2D eigenvalue weighted by Gasteiger charge is 2.17. The molecular weight excluding hydrogens is 384 g/mol. The number of benzene rings is 2. The molecule has 0 spiro atoms. The summed E-state index contributed by atoms with van der Waals surface area (Å²) in [6.07, 6.45) is 2.74. The van der Waals surface area contributed by atoms with Crippen LogP contribution in [0.5, 0.6) is 11.5 Å². The summed E-state index contributed by atoms with van der Waals surface area (Å²) in [4.78, 5) is 25.7. The Kier molecular flexibility index (Phi) is 6.06. The first kappa shape index (κ1) is 19.6. The summed E-state index contributed by atoms with van der Waals surface area (Å²) in [5.41, 5.74) is 2.28. The zero-order valence-corrected chi connectivity index (χ0v) is 16.2. The van der Waals surface area contributed by atoms with Gasteiger partial charge in [-0.2, -0.15) is 0 Å². The summed E-state index contributed by atoms with van der Waals surface area (Å²) in [7, 11) is 3.86. The van der Waals surface area contributed by atoms with Crippen LogP contribution in [0.1, 0.15) is 5.56 Å². The molecule has 1 aliphatic rings. The smallest absolute Gasteiger partial charge is 0.331 e. The molecule has 0 radical (unpaired) electrons. The van der Waals surface area contributed by atoms with Gasteiger partial charge in [-0.05, 0) is 48.0 Å². The van der Waals surface area contributed by atoms with Gasteiger partial charge in [0.25, 0.3) is 5.91 Å². The van der Waals surface area contributed by atoms with Gasteiger partial charge in [0.2, 0.25) is 6.79 Å². The third-order valence-electron chi connectivity index (χ3n) is 3.87. The van der Waals surface area contributed by atoms with Crippen LogP contribution >= 0.6 is 11.6 Å². The van der Waals surface area contributed by atoms with Crippen molar-refractivity contribution in [3.05, 3.63) is 53.1 Å². The summed E-state index contributed by atoms with van der Waals surface area (Å²) in [6, 6.07) is 10.6. The lowest BCUT2D eigenvalue weighted by molar-refractivity contribution is -0.142. The molecule has 0 fully saturated rings. The van der Waals surface area contributed by atoms with E-state index in [1.54, 1.807) is 24.3 Å². The van der Waals surface area contributed by atoms with E-state index in [-0.39, 0.29) is 13.4 Å². The minimum atomic E-state index is -0.646. The number of nitrogens with zero attached hydrogens (tertiary/aromatic N) is 1. The second-order valence-electron chi connectivity index (χ2n) is 6.17. The molecule has 2 aromatic carbocycles. The van der Waals surface area contributed by atoms with Crippen LogP contribution in [0.25, 0.3) is 6.08 Å². The average Bonchev–Trinajstić information content (AvgIpc) is 3.14. The number of esters is 1. The maximum Gasteiger partial charge on any atom is 0.331 e. The molecule has 0 unspecified atom stereocenters. The average molecular weight is 403 g/mol. The molecule has 0 atom stereocenters. The molecule has 0 aromatic heterocycles. The molecule has 2 aromatic rings. The predicted octanol–water partition coefficient (Wildman–Crippen LogP) is 3.33. The molecule has 146 valence electrons. The van der Waals surface area contributed by atoms with Crippen molar-refractivity contribution in [2.75, 3.05) is 37.7 Å². The number of amides is 1. The highest BCUT2D eigenvalue weighted by Crippen LogP contribution is 2.40. The standard InChI is InChI=1S/C20H19ClN2O5/c1-23(2)15-6-4-14(5-7-15)22-18(24)11-26-19(25)8-3-13-9-16(21)20-17(10-13)27-12-28-20/h3-10H,11-12H2,1-2H3,(H,22,24)/b8-3+. The van der Waals surface area contributed by atoms with Gasteiger partial charge in [-0.1, -0.05) is 11.6 Å². The molecule has 0 bridgehead atoms. The molecular formula is C20H19ClN2O5. The Bertz CT molecular complexity index is 910. The molecule has 3 rings (SSSR count). The maximum absolute atomic E-state index is 11.9. The lowest BCUT2D eigenvalue weighted by atomic mass is 10.2. The Morgan fingerprint density at radius 3 is 2.68 bits per heavy atom. The van der Waals surface area contributed by atoms with Crippen LogP contribution in [0.15, 0.2) is 42.5 Å². The van der Waals surface area contributed by atoms with Crippen molar-refractivity contribution in [2.24, 2.45) is 0 Å². The second kappa shape index (κ2) is 8.67. The first-order valence-corrected chi connectivity index (χ1v) is 8.81. The van der Waals surface area contributed by atoms with Gasteiger partial charge < -0.3 is 24.4 Å². The van der Waals surface area contributed by atoms with Crippen molar-refractivity contribution in [3.63, 3.8) is 0 Å². The third-order valence-corrected chi connectivity index (χ3v) is 4.16. The summed E-state index contributed by atoms with van der Waals surface area (Å²) in [6.45, 7) is -0.280. The van der Waals surface area contributed by atoms with Crippen LogP contribution in [0.3, 0.4) is 0 Å². The normalized spacial score (nSPS) is 12.1. The van der Waals surface area contributed by atoms with E-state index in [0.29, 0.717) is 27.8 Å². The number of rotatable bonds is 6. The van der Waals surface area contributed by atoms with E-state index in [9.17, 15) is 9.59 Å². The Hall–Kier alpha value is -3.19. The number of hydrogen-bond donors (Lipinski definition) is 1. The second-order valence-corrected chi connectivity index (χ2v) is 6.57. The van der Waals surface area contributed by atoms with Crippen molar-refractivity contribution < 1.29 is 23.8 Å². The summed E-state index contributed by atoms with van der Waals surface area (Å²) in [5, 5.41) is 3.06. The highest BCUT2D eigenvalue weighted by molar-refractivity contribution is 6.32. The lowest BCUT2D eigenvalue weighted by Crippen LogP contribution is -2.20. The van der Waals surface area contributed by atoms with E-state index in [1.807, 2.05) is 31.1 Å². The topological polar surface area (TPSA) is 77.1 Å². The largest absolute Gasteiger partial charge is 0.454 e. The SMILES string of the molecule is CN(C)c1ccc(NC(=O)COC(=O)/C=C/c2cc(Cl)c3c(c2)OCO3)cc1. The van der Waals surface area contributed by atoms with Gasteiger partial charge >= 0.3 is 5.97 Å². The van der Waals surface area contributed by atoms with Gasteiger partial charge in [0.15, 0.2) is 18.1 Å². The maximum atomic E-state index is 11.9. The highest BCUT2D eigenvalue weighted by atomic mass is 35.5. The first-order valence-electron chi connectivity index (χ1n) is 8.43. The van der Waals surface area contributed by atoms with Crippen molar-refractivity contribution in [2.45, 2.75) is 0 Å². The molecule has 8 heteroatoms. The van der Waals surface area contributed by atoms with E-state index in [0.717, 1.165) is 5.69 Å². The third kappa shape index (κ3) is 4.95.